The highest BCUT2D eigenvalue weighted by molar-refractivity contribution is 7.15. The van der Waals surface area contributed by atoms with Crippen LogP contribution in [0.4, 0.5) is 5.69 Å². The average molecular weight is 290 g/mol. The van der Waals surface area contributed by atoms with Gasteiger partial charge in [0.25, 0.3) is 0 Å². The molecule has 0 spiro atoms. The molecule has 0 saturated heterocycles. The molecule has 3 rings (SSSR count). The number of nitrogens with one attached hydrogen (secondary N) is 2. The van der Waals surface area contributed by atoms with Crippen LogP contribution in [0.2, 0.25) is 9.36 Å². The van der Waals surface area contributed by atoms with E-state index < -0.39 is 0 Å². The molecule has 2 aliphatic rings. The van der Waals surface area contributed by atoms with E-state index in [1.54, 1.807) is 0 Å². The van der Waals surface area contributed by atoms with Gasteiger partial charge in [-0.05, 0) is 12.8 Å². The Morgan fingerprint density at radius 2 is 2.18 bits per heavy atom. The smallest absolute Gasteiger partial charge is 0.196 e. The second-order valence-electron chi connectivity index (χ2n) is 4.44. The third-order valence-corrected chi connectivity index (χ3v) is 4.94. The highest BCUT2D eigenvalue weighted by atomic mass is 35.5. The summed E-state index contributed by atoms with van der Waals surface area (Å²) in [6.45, 7) is 0. The van der Waals surface area contributed by atoms with Crippen LogP contribution < -0.4 is 10.6 Å². The monoisotopic (exact) mass is 289 g/mol. The van der Waals surface area contributed by atoms with Crippen molar-refractivity contribution in [3.8, 4) is 0 Å². The van der Waals surface area contributed by atoms with E-state index in [0.717, 1.165) is 11.6 Å². The lowest BCUT2D eigenvalue weighted by molar-refractivity contribution is 0.384. The number of thiophene rings is 1. The molecule has 1 aliphatic carbocycles. The lowest BCUT2D eigenvalue weighted by Gasteiger charge is -2.23. The molecular formula is C11H13Cl2N3S. The summed E-state index contributed by atoms with van der Waals surface area (Å²) in [5.74, 6) is 0.809. The summed E-state index contributed by atoms with van der Waals surface area (Å²) in [6.07, 6.45) is 4.94. The number of guanidine groups is 1. The Balaban J connectivity index is 1.74. The van der Waals surface area contributed by atoms with Crippen molar-refractivity contribution >= 4 is 46.2 Å². The summed E-state index contributed by atoms with van der Waals surface area (Å²) in [5.41, 5.74) is 0.767. The van der Waals surface area contributed by atoms with Crippen molar-refractivity contribution in [2.45, 2.75) is 37.8 Å². The highest BCUT2D eigenvalue weighted by Gasteiger charge is 2.31. The van der Waals surface area contributed by atoms with Gasteiger partial charge in [-0.2, -0.15) is 0 Å². The largest absolute Gasteiger partial charge is 0.351 e. The molecule has 1 aromatic rings. The van der Waals surface area contributed by atoms with Gasteiger partial charge in [0.15, 0.2) is 5.96 Å². The molecule has 1 aliphatic heterocycles. The number of fused-ring (bicyclic) bond motifs is 1. The van der Waals surface area contributed by atoms with Gasteiger partial charge in [0.2, 0.25) is 0 Å². The molecule has 17 heavy (non-hydrogen) atoms. The Bertz CT molecular complexity index is 438. The summed E-state index contributed by atoms with van der Waals surface area (Å²) < 4.78 is 0.675. The van der Waals surface area contributed by atoms with Crippen LogP contribution in [0.1, 0.15) is 25.7 Å². The third kappa shape index (κ3) is 2.26. The van der Waals surface area contributed by atoms with Gasteiger partial charge in [0.05, 0.1) is 22.8 Å². The van der Waals surface area contributed by atoms with Crippen molar-refractivity contribution in [2.75, 3.05) is 5.32 Å². The van der Waals surface area contributed by atoms with E-state index in [0.29, 0.717) is 21.4 Å². The first-order valence-corrected chi connectivity index (χ1v) is 7.41. The number of hydrogen-bond acceptors (Lipinski definition) is 4. The van der Waals surface area contributed by atoms with Crippen LogP contribution in [0.25, 0.3) is 0 Å². The predicted molar refractivity (Wildman–Crippen MR) is 74.6 cm³/mol. The van der Waals surface area contributed by atoms with Gasteiger partial charge in [-0.25, -0.2) is 4.99 Å². The van der Waals surface area contributed by atoms with Gasteiger partial charge in [0.1, 0.15) is 4.34 Å². The van der Waals surface area contributed by atoms with Crippen molar-refractivity contribution in [1.29, 1.82) is 0 Å². The number of hydrogen-bond donors (Lipinski definition) is 2. The summed E-state index contributed by atoms with van der Waals surface area (Å²) in [7, 11) is 0. The second kappa shape index (κ2) is 4.67. The van der Waals surface area contributed by atoms with Gasteiger partial charge in [-0.3, -0.25) is 0 Å². The number of rotatable bonds is 1. The highest BCUT2D eigenvalue weighted by Crippen LogP contribution is 2.36. The predicted octanol–water partition coefficient (Wildman–Crippen LogP) is 3.74. The van der Waals surface area contributed by atoms with Crippen LogP contribution >= 0.6 is 34.5 Å². The first-order chi connectivity index (χ1) is 8.24. The summed E-state index contributed by atoms with van der Waals surface area (Å²) in [5, 5.41) is 9.09. The van der Waals surface area contributed by atoms with Gasteiger partial charge >= 0.3 is 0 Å². The van der Waals surface area contributed by atoms with Gasteiger partial charge < -0.3 is 10.6 Å². The van der Waals surface area contributed by atoms with E-state index in [-0.39, 0.29) is 0 Å². The Morgan fingerprint density at radius 1 is 1.35 bits per heavy atom. The molecule has 3 nitrogen and oxygen atoms in total. The fourth-order valence-corrected chi connectivity index (χ4v) is 3.69. The lowest BCUT2D eigenvalue weighted by atomic mass is 9.92. The quantitative estimate of drug-likeness (QED) is 0.826. The minimum absolute atomic E-state index is 0.419. The zero-order valence-electron chi connectivity index (χ0n) is 9.17. The Kier molecular flexibility index (Phi) is 3.19. The van der Waals surface area contributed by atoms with Crippen molar-refractivity contribution in [3.05, 3.63) is 14.7 Å². The Labute approximate surface area is 114 Å². The summed E-state index contributed by atoms with van der Waals surface area (Å²) in [4.78, 5) is 4.65. The lowest BCUT2D eigenvalue weighted by Crippen LogP contribution is -2.38. The van der Waals surface area contributed by atoms with Crippen LogP contribution in [0.5, 0.6) is 0 Å². The fraction of sp³-hybridized carbons (Fsp3) is 0.545. The molecule has 0 radical (unpaired) electrons. The minimum atomic E-state index is 0.419. The van der Waals surface area contributed by atoms with Crippen LogP contribution in [0.3, 0.4) is 0 Å². The molecular weight excluding hydrogens is 277 g/mol. The van der Waals surface area contributed by atoms with Gasteiger partial charge in [-0.1, -0.05) is 36.0 Å². The van der Waals surface area contributed by atoms with Gasteiger partial charge in [-0.15, -0.1) is 11.3 Å². The average Bonchev–Trinajstić information content (AvgIpc) is 2.87. The van der Waals surface area contributed by atoms with E-state index in [1.807, 2.05) is 5.38 Å². The molecule has 0 bridgehead atoms. The number of halogens is 2. The summed E-state index contributed by atoms with van der Waals surface area (Å²) in [6, 6.07) is 0.907. The van der Waals surface area contributed by atoms with E-state index in [2.05, 4.69) is 15.6 Å². The fourth-order valence-electron chi connectivity index (χ4n) is 2.42. The maximum atomic E-state index is 6.07. The third-order valence-electron chi connectivity index (χ3n) is 3.29. The van der Waals surface area contributed by atoms with Crippen molar-refractivity contribution < 1.29 is 0 Å². The second-order valence-corrected chi connectivity index (χ2v) is 6.33. The topological polar surface area (TPSA) is 36.4 Å². The number of anilines is 1. The van der Waals surface area contributed by atoms with E-state index >= 15 is 0 Å². The van der Waals surface area contributed by atoms with Crippen molar-refractivity contribution in [1.82, 2.24) is 5.32 Å². The molecule has 1 aromatic heterocycles. The zero-order chi connectivity index (χ0) is 11.8. The van der Waals surface area contributed by atoms with E-state index in [1.165, 1.54) is 37.0 Å². The van der Waals surface area contributed by atoms with Crippen LogP contribution in [-0.4, -0.2) is 18.0 Å². The van der Waals surface area contributed by atoms with Crippen LogP contribution in [0, 0.1) is 0 Å². The molecule has 2 heterocycles. The number of aliphatic imine (C=N–C) groups is 1. The van der Waals surface area contributed by atoms with Crippen LogP contribution in [-0.2, 0) is 0 Å². The first kappa shape index (κ1) is 11.6. The van der Waals surface area contributed by atoms with Crippen molar-refractivity contribution in [2.24, 2.45) is 4.99 Å². The Hall–Kier alpha value is -0.450. The normalized spacial score (nSPS) is 27.3. The Morgan fingerprint density at radius 3 is 2.88 bits per heavy atom. The molecule has 6 heteroatoms. The summed E-state index contributed by atoms with van der Waals surface area (Å²) >= 11 is 13.6. The van der Waals surface area contributed by atoms with E-state index in [4.69, 9.17) is 23.2 Å². The van der Waals surface area contributed by atoms with Crippen LogP contribution in [0.15, 0.2) is 10.4 Å². The molecule has 1 fully saturated rings. The maximum absolute atomic E-state index is 6.07. The minimum Gasteiger partial charge on any atom is -0.351 e. The zero-order valence-corrected chi connectivity index (χ0v) is 11.5. The van der Waals surface area contributed by atoms with E-state index in [9.17, 15) is 0 Å². The first-order valence-electron chi connectivity index (χ1n) is 5.78. The molecule has 92 valence electrons. The molecule has 0 aromatic carbocycles. The number of nitrogens with zero attached hydrogens (tertiary/aromatic N) is 1. The standard InChI is InChI=1S/C11H13Cl2N3S/c12-6-5-17-10(13)9(6)16-11-14-7-3-1-2-4-8(7)15-11/h5,7-8H,1-4H2,(H2,14,15,16). The molecule has 2 unspecified atom stereocenters. The van der Waals surface area contributed by atoms with Crippen molar-refractivity contribution in [3.63, 3.8) is 0 Å². The molecule has 0 amide bonds. The molecule has 1 saturated carbocycles. The van der Waals surface area contributed by atoms with Gasteiger partial charge in [0, 0.05) is 5.38 Å². The SMILES string of the molecule is Clc1csc(Cl)c1NC1=NC2CCCCC2N1. The molecule has 2 N–H and O–H groups in total. The molecule has 2 atom stereocenters. The maximum Gasteiger partial charge on any atom is 0.196 e.